The number of nitrogens with zero attached hydrogens (tertiary/aromatic N) is 3. The van der Waals surface area contributed by atoms with Gasteiger partial charge in [0, 0.05) is 28.8 Å². The molecular formula is C22H19ClN4O4S2. The summed E-state index contributed by atoms with van der Waals surface area (Å²) in [6.07, 6.45) is 3.30. The molecule has 5 rings (SSSR count). The number of carbonyl (C=O) groups excluding carboxylic acids is 2. The number of hydrogen-bond acceptors (Lipinski definition) is 7. The fourth-order valence-corrected chi connectivity index (χ4v) is 6.25. The number of aryl methyl sites for hydroxylation is 1. The largest absolute Gasteiger partial charge is 0.359 e. The van der Waals surface area contributed by atoms with Gasteiger partial charge < -0.3 is 4.90 Å². The first-order chi connectivity index (χ1) is 15.8. The first kappa shape index (κ1) is 21.9. The number of amides is 2. The minimum Gasteiger partial charge on any atom is -0.359 e. The second-order valence-electron chi connectivity index (χ2n) is 7.79. The Hall–Kier alpha value is -2.95. The molecular weight excluding hydrogens is 484 g/mol. The maximum absolute atomic E-state index is 13.3. The van der Waals surface area contributed by atoms with Gasteiger partial charge in [-0.3, -0.25) is 14.3 Å². The van der Waals surface area contributed by atoms with Gasteiger partial charge in [0.25, 0.3) is 15.9 Å². The molecule has 2 aliphatic heterocycles. The molecule has 1 fully saturated rings. The van der Waals surface area contributed by atoms with E-state index in [1.54, 1.807) is 11.4 Å². The number of sulfonamides is 1. The van der Waals surface area contributed by atoms with Gasteiger partial charge in [-0.15, -0.1) is 11.3 Å². The number of rotatable bonds is 5. The summed E-state index contributed by atoms with van der Waals surface area (Å²) >= 11 is 7.29. The van der Waals surface area contributed by atoms with Gasteiger partial charge in [0.2, 0.25) is 5.91 Å². The number of nitrogens with one attached hydrogen (secondary N) is 1. The maximum Gasteiger partial charge on any atom is 0.263 e. The van der Waals surface area contributed by atoms with Gasteiger partial charge in [-0.1, -0.05) is 11.6 Å². The van der Waals surface area contributed by atoms with Gasteiger partial charge in [0.15, 0.2) is 5.13 Å². The highest BCUT2D eigenvalue weighted by molar-refractivity contribution is 7.93. The lowest BCUT2D eigenvalue weighted by atomic mass is 9.99. The first-order valence-corrected chi connectivity index (χ1v) is 13.0. The van der Waals surface area contributed by atoms with Crippen LogP contribution in [0.5, 0.6) is 0 Å². The number of anilines is 3. The predicted octanol–water partition coefficient (Wildman–Crippen LogP) is 3.68. The summed E-state index contributed by atoms with van der Waals surface area (Å²) in [5, 5.41) is 2.57. The van der Waals surface area contributed by atoms with Crippen molar-refractivity contribution in [1.29, 1.82) is 0 Å². The molecule has 1 saturated heterocycles. The Morgan fingerprint density at radius 1 is 1.12 bits per heavy atom. The van der Waals surface area contributed by atoms with E-state index in [-0.39, 0.29) is 28.3 Å². The van der Waals surface area contributed by atoms with Crippen molar-refractivity contribution < 1.29 is 18.0 Å². The van der Waals surface area contributed by atoms with Crippen molar-refractivity contribution in [2.24, 2.45) is 0 Å². The van der Waals surface area contributed by atoms with E-state index in [9.17, 15) is 18.0 Å². The average Bonchev–Trinajstić information content (AvgIpc) is 3.40. The van der Waals surface area contributed by atoms with Crippen molar-refractivity contribution in [2.75, 3.05) is 21.1 Å². The number of imide groups is 1. The number of halogens is 1. The minimum atomic E-state index is -3.82. The Kier molecular flexibility index (Phi) is 5.59. The van der Waals surface area contributed by atoms with Crippen LogP contribution in [0, 0.1) is 0 Å². The Bertz CT molecular complexity index is 1330. The molecule has 2 amide bonds. The van der Waals surface area contributed by atoms with E-state index in [1.807, 2.05) is 17.0 Å². The van der Waals surface area contributed by atoms with Gasteiger partial charge in [-0.05, 0) is 60.9 Å². The topological polar surface area (TPSA) is 99.7 Å². The van der Waals surface area contributed by atoms with Crippen LogP contribution in [0.2, 0.25) is 5.02 Å². The molecule has 2 aromatic carbocycles. The van der Waals surface area contributed by atoms with Gasteiger partial charge in [0.05, 0.1) is 17.0 Å². The van der Waals surface area contributed by atoms with Crippen molar-refractivity contribution in [3.05, 3.63) is 64.6 Å². The molecule has 1 atom stereocenters. The molecule has 3 aromatic rings. The van der Waals surface area contributed by atoms with Crippen molar-refractivity contribution >= 4 is 61.3 Å². The number of aromatic nitrogens is 1. The standard InChI is InChI=1S/C22H19ClN4O4S2/c23-15-3-8-18-14(12-15)2-1-10-26(18)19-13-20(28)27(21(19)29)16-4-6-17(7-5-16)33(30,31)25-22-24-9-11-32-22/h3-9,11-12,19H,1-2,10,13H2,(H,24,25)/t19-/m0/s1. The third-order valence-corrected chi connectivity index (χ3v) is 8.16. The van der Waals surface area contributed by atoms with Crippen molar-refractivity contribution in [1.82, 2.24) is 4.98 Å². The van der Waals surface area contributed by atoms with E-state index in [1.165, 1.54) is 41.8 Å². The number of benzene rings is 2. The van der Waals surface area contributed by atoms with Crippen LogP contribution in [-0.4, -0.2) is 37.8 Å². The monoisotopic (exact) mass is 502 g/mol. The van der Waals surface area contributed by atoms with Crippen LogP contribution >= 0.6 is 22.9 Å². The van der Waals surface area contributed by atoms with Gasteiger partial charge >= 0.3 is 0 Å². The lowest BCUT2D eigenvalue weighted by molar-refractivity contribution is -0.121. The summed E-state index contributed by atoms with van der Waals surface area (Å²) in [5.74, 6) is -0.637. The zero-order chi connectivity index (χ0) is 23.2. The molecule has 0 aliphatic carbocycles. The van der Waals surface area contributed by atoms with Crippen molar-refractivity contribution in [3.63, 3.8) is 0 Å². The summed E-state index contributed by atoms with van der Waals surface area (Å²) in [4.78, 5) is 33.2. The van der Waals surface area contributed by atoms with Crippen LogP contribution in [0.3, 0.4) is 0 Å². The molecule has 3 heterocycles. The fraction of sp³-hybridized carbons (Fsp3) is 0.227. The lowest BCUT2D eigenvalue weighted by Crippen LogP contribution is -2.44. The fourth-order valence-electron chi connectivity index (χ4n) is 4.27. The van der Waals surface area contributed by atoms with E-state index in [4.69, 9.17) is 11.6 Å². The maximum atomic E-state index is 13.3. The predicted molar refractivity (Wildman–Crippen MR) is 127 cm³/mol. The lowest BCUT2D eigenvalue weighted by Gasteiger charge is -2.35. The smallest absolute Gasteiger partial charge is 0.263 e. The van der Waals surface area contributed by atoms with Gasteiger partial charge in [-0.2, -0.15) is 0 Å². The molecule has 0 bridgehead atoms. The minimum absolute atomic E-state index is 0.0129. The molecule has 2 aliphatic rings. The molecule has 8 nitrogen and oxygen atoms in total. The van der Waals surface area contributed by atoms with Crippen LogP contribution in [0.4, 0.5) is 16.5 Å². The number of fused-ring (bicyclic) bond motifs is 1. The third kappa shape index (κ3) is 4.09. The second kappa shape index (κ2) is 8.44. The number of hydrogen-bond donors (Lipinski definition) is 1. The Morgan fingerprint density at radius 2 is 1.91 bits per heavy atom. The average molecular weight is 503 g/mol. The van der Waals surface area contributed by atoms with E-state index >= 15 is 0 Å². The van der Waals surface area contributed by atoms with Crippen LogP contribution < -0.4 is 14.5 Å². The van der Waals surface area contributed by atoms with E-state index in [0.29, 0.717) is 17.3 Å². The molecule has 170 valence electrons. The molecule has 0 unspecified atom stereocenters. The second-order valence-corrected chi connectivity index (χ2v) is 10.8. The molecule has 33 heavy (non-hydrogen) atoms. The summed E-state index contributed by atoms with van der Waals surface area (Å²) in [7, 11) is -3.82. The van der Waals surface area contributed by atoms with Crippen LogP contribution in [0.1, 0.15) is 18.4 Å². The number of thiazole rings is 1. The van der Waals surface area contributed by atoms with Crippen LogP contribution in [-0.2, 0) is 26.0 Å². The van der Waals surface area contributed by atoms with Crippen LogP contribution in [0.15, 0.2) is 58.9 Å². The normalized spacial score (nSPS) is 18.5. The van der Waals surface area contributed by atoms with Gasteiger partial charge in [-0.25, -0.2) is 18.3 Å². The Labute approximate surface area is 199 Å². The third-order valence-electron chi connectivity index (χ3n) is 5.75. The van der Waals surface area contributed by atoms with Crippen LogP contribution in [0.25, 0.3) is 0 Å². The zero-order valence-corrected chi connectivity index (χ0v) is 19.7. The van der Waals surface area contributed by atoms with E-state index < -0.39 is 16.1 Å². The van der Waals surface area contributed by atoms with Crippen molar-refractivity contribution in [2.45, 2.75) is 30.2 Å². The number of carbonyl (C=O) groups is 2. The summed E-state index contributed by atoms with van der Waals surface area (Å²) in [6.45, 7) is 0.672. The van der Waals surface area contributed by atoms with E-state index in [0.717, 1.165) is 29.0 Å². The highest BCUT2D eigenvalue weighted by Crippen LogP contribution is 2.35. The summed E-state index contributed by atoms with van der Waals surface area (Å²) in [5.41, 5.74) is 2.33. The highest BCUT2D eigenvalue weighted by atomic mass is 35.5. The summed E-state index contributed by atoms with van der Waals surface area (Å²) < 4.78 is 27.5. The van der Waals surface area contributed by atoms with E-state index in [2.05, 4.69) is 9.71 Å². The Balaban J connectivity index is 1.38. The molecule has 11 heteroatoms. The molecule has 0 radical (unpaired) electrons. The first-order valence-electron chi connectivity index (χ1n) is 10.3. The molecule has 0 spiro atoms. The SMILES string of the molecule is O=C1C[C@H](N2CCCc3cc(Cl)ccc32)C(=O)N1c1ccc(S(=O)(=O)Nc2nccs2)cc1. The molecule has 1 N–H and O–H groups in total. The Morgan fingerprint density at radius 3 is 2.64 bits per heavy atom. The quantitative estimate of drug-likeness (QED) is 0.534. The molecule has 0 saturated carbocycles. The van der Waals surface area contributed by atoms with Gasteiger partial charge in [0.1, 0.15) is 6.04 Å². The van der Waals surface area contributed by atoms with Crippen molar-refractivity contribution in [3.8, 4) is 0 Å². The summed E-state index contributed by atoms with van der Waals surface area (Å²) in [6, 6.07) is 10.7. The zero-order valence-electron chi connectivity index (χ0n) is 17.3. The highest BCUT2D eigenvalue weighted by Gasteiger charge is 2.43. The molecule has 1 aromatic heterocycles.